The Balaban J connectivity index is 1.31. The minimum Gasteiger partial charge on any atom is -0.370 e. The van der Waals surface area contributed by atoms with Gasteiger partial charge in [-0.15, -0.1) is 0 Å². The number of hydrogen-bond acceptors (Lipinski definition) is 5. The number of H-pyrrole nitrogens is 1. The molecule has 1 amide bonds. The minimum absolute atomic E-state index is 0.197. The van der Waals surface area contributed by atoms with Crippen LogP contribution < -0.4 is 5.32 Å². The maximum atomic E-state index is 12.8. The summed E-state index contributed by atoms with van der Waals surface area (Å²) in [6.07, 6.45) is -3.86. The lowest BCUT2D eigenvalue weighted by Gasteiger charge is -2.39. The summed E-state index contributed by atoms with van der Waals surface area (Å²) >= 11 is 0. The van der Waals surface area contributed by atoms with E-state index in [-0.39, 0.29) is 24.9 Å². The van der Waals surface area contributed by atoms with Crippen LogP contribution in [0.15, 0.2) is 36.5 Å². The molecule has 1 spiro atoms. The second-order valence-corrected chi connectivity index (χ2v) is 7.69. The minimum atomic E-state index is -4.45. The SMILES string of the molecule is O=C(NCc1ccccc1)C1CC2(CO1)CN(Cc1ncc(C(F)(F)F)[nH]1)CCO2. The fourth-order valence-electron chi connectivity index (χ4n) is 3.84. The van der Waals surface area contributed by atoms with Crippen LogP contribution in [0.2, 0.25) is 0 Å². The lowest BCUT2D eigenvalue weighted by molar-refractivity contribution is -0.141. The molecule has 2 aliphatic rings. The van der Waals surface area contributed by atoms with Crippen LogP contribution >= 0.6 is 0 Å². The molecule has 4 rings (SSSR count). The van der Waals surface area contributed by atoms with Gasteiger partial charge in [0.25, 0.3) is 0 Å². The molecule has 3 heterocycles. The lowest BCUT2D eigenvalue weighted by atomic mass is 9.97. The summed E-state index contributed by atoms with van der Waals surface area (Å²) < 4.78 is 49.9. The van der Waals surface area contributed by atoms with Crippen LogP contribution in [0.5, 0.6) is 0 Å². The maximum Gasteiger partial charge on any atom is 0.432 e. The van der Waals surface area contributed by atoms with Crippen LogP contribution in [-0.4, -0.2) is 58.8 Å². The number of hydrogen-bond donors (Lipinski definition) is 2. The normalized spacial score (nSPS) is 25.0. The summed E-state index contributed by atoms with van der Waals surface area (Å²) in [7, 11) is 0. The molecular formula is C20H23F3N4O3. The Morgan fingerprint density at radius 2 is 2.13 bits per heavy atom. The molecule has 162 valence electrons. The number of rotatable bonds is 5. The molecule has 1 aromatic carbocycles. The number of ether oxygens (including phenoxy) is 2. The lowest BCUT2D eigenvalue weighted by Crippen LogP contribution is -2.52. The highest BCUT2D eigenvalue weighted by atomic mass is 19.4. The standard InChI is InChI=1S/C20H23F3N4O3/c21-20(22,23)16-10-24-17(26-16)11-27-6-7-30-19(12-27)8-15(29-13-19)18(28)25-9-14-4-2-1-3-5-14/h1-5,10,15H,6-9,11-13H2,(H,24,26)(H,25,28). The molecule has 2 aliphatic heterocycles. The average Bonchev–Trinajstić information content (AvgIpc) is 3.35. The molecule has 10 heteroatoms. The number of imidazole rings is 1. The average molecular weight is 424 g/mol. The monoisotopic (exact) mass is 424 g/mol. The van der Waals surface area contributed by atoms with Crippen LogP contribution in [0.1, 0.15) is 23.5 Å². The zero-order chi connectivity index (χ0) is 21.2. The van der Waals surface area contributed by atoms with Crippen molar-refractivity contribution >= 4 is 5.91 Å². The van der Waals surface area contributed by atoms with E-state index in [4.69, 9.17) is 9.47 Å². The Kier molecular flexibility index (Phi) is 5.81. The summed E-state index contributed by atoms with van der Waals surface area (Å²) in [4.78, 5) is 20.6. The Hall–Kier alpha value is -2.43. The second kappa shape index (κ2) is 8.37. The van der Waals surface area contributed by atoms with Gasteiger partial charge in [-0.25, -0.2) is 4.98 Å². The fraction of sp³-hybridized carbons (Fsp3) is 0.500. The van der Waals surface area contributed by atoms with E-state index in [0.29, 0.717) is 32.7 Å². The van der Waals surface area contributed by atoms with Gasteiger partial charge in [0.15, 0.2) is 0 Å². The first-order valence-corrected chi connectivity index (χ1v) is 9.74. The van der Waals surface area contributed by atoms with Gasteiger partial charge in [-0.3, -0.25) is 9.69 Å². The number of aromatic nitrogens is 2. The zero-order valence-electron chi connectivity index (χ0n) is 16.2. The van der Waals surface area contributed by atoms with E-state index >= 15 is 0 Å². The number of halogens is 3. The Labute approximate surface area is 171 Å². The van der Waals surface area contributed by atoms with Gasteiger partial charge in [-0.2, -0.15) is 13.2 Å². The zero-order valence-corrected chi connectivity index (χ0v) is 16.2. The fourth-order valence-corrected chi connectivity index (χ4v) is 3.84. The molecule has 0 radical (unpaired) electrons. The predicted octanol–water partition coefficient (Wildman–Crippen LogP) is 2.10. The largest absolute Gasteiger partial charge is 0.432 e. The number of nitrogens with one attached hydrogen (secondary N) is 2. The van der Waals surface area contributed by atoms with E-state index < -0.39 is 23.6 Å². The molecule has 2 N–H and O–H groups in total. The van der Waals surface area contributed by atoms with Crippen LogP contribution in [0.3, 0.4) is 0 Å². The van der Waals surface area contributed by atoms with Gasteiger partial charge in [0.1, 0.15) is 23.2 Å². The second-order valence-electron chi connectivity index (χ2n) is 7.69. The van der Waals surface area contributed by atoms with E-state index in [0.717, 1.165) is 11.8 Å². The molecule has 0 saturated carbocycles. The molecule has 0 bridgehead atoms. The first kappa shape index (κ1) is 20.8. The quantitative estimate of drug-likeness (QED) is 0.769. The Bertz CT molecular complexity index is 874. The Morgan fingerprint density at radius 3 is 2.87 bits per heavy atom. The topological polar surface area (TPSA) is 79.5 Å². The number of morpholine rings is 1. The van der Waals surface area contributed by atoms with Crippen molar-refractivity contribution in [1.82, 2.24) is 20.2 Å². The third-order valence-electron chi connectivity index (χ3n) is 5.34. The van der Waals surface area contributed by atoms with Crippen molar-refractivity contribution in [2.24, 2.45) is 0 Å². The van der Waals surface area contributed by atoms with Crippen LogP contribution in [0, 0.1) is 0 Å². The van der Waals surface area contributed by atoms with Gasteiger partial charge in [0.2, 0.25) is 5.91 Å². The van der Waals surface area contributed by atoms with Crippen LogP contribution in [0.4, 0.5) is 13.2 Å². The van der Waals surface area contributed by atoms with Crippen molar-refractivity contribution in [2.45, 2.75) is 37.4 Å². The smallest absolute Gasteiger partial charge is 0.370 e. The highest BCUT2D eigenvalue weighted by molar-refractivity contribution is 5.81. The van der Waals surface area contributed by atoms with E-state index in [1.165, 1.54) is 0 Å². The number of carbonyl (C=O) groups is 1. The van der Waals surface area contributed by atoms with Crippen molar-refractivity contribution in [3.05, 3.63) is 53.6 Å². The molecule has 30 heavy (non-hydrogen) atoms. The first-order valence-electron chi connectivity index (χ1n) is 9.74. The van der Waals surface area contributed by atoms with Crippen molar-refractivity contribution < 1.29 is 27.4 Å². The van der Waals surface area contributed by atoms with E-state index in [1.54, 1.807) is 0 Å². The van der Waals surface area contributed by atoms with Crippen molar-refractivity contribution in [2.75, 3.05) is 26.3 Å². The first-order chi connectivity index (χ1) is 14.3. The van der Waals surface area contributed by atoms with Gasteiger partial charge >= 0.3 is 6.18 Å². The van der Waals surface area contributed by atoms with E-state index in [2.05, 4.69) is 15.3 Å². The molecule has 7 nitrogen and oxygen atoms in total. The number of carbonyl (C=O) groups excluding carboxylic acids is 1. The molecule has 2 atom stereocenters. The maximum absolute atomic E-state index is 12.8. The number of alkyl halides is 3. The summed E-state index contributed by atoms with van der Waals surface area (Å²) in [5, 5.41) is 2.88. The summed E-state index contributed by atoms with van der Waals surface area (Å²) in [6.45, 7) is 2.35. The molecule has 2 saturated heterocycles. The molecule has 2 unspecified atom stereocenters. The Morgan fingerprint density at radius 1 is 1.33 bits per heavy atom. The number of nitrogens with zero attached hydrogens (tertiary/aromatic N) is 2. The van der Waals surface area contributed by atoms with Gasteiger partial charge in [-0.1, -0.05) is 30.3 Å². The van der Waals surface area contributed by atoms with Crippen molar-refractivity contribution in [3.63, 3.8) is 0 Å². The highest BCUT2D eigenvalue weighted by Crippen LogP contribution is 2.32. The summed E-state index contributed by atoms with van der Waals surface area (Å²) in [5.41, 5.74) is -0.512. The number of benzene rings is 1. The number of amides is 1. The summed E-state index contributed by atoms with van der Waals surface area (Å²) in [5.74, 6) is 0.0488. The summed E-state index contributed by atoms with van der Waals surface area (Å²) in [6, 6.07) is 9.58. The van der Waals surface area contributed by atoms with E-state index in [9.17, 15) is 18.0 Å². The number of aromatic amines is 1. The molecule has 1 aromatic heterocycles. The predicted molar refractivity (Wildman–Crippen MR) is 100 cm³/mol. The van der Waals surface area contributed by atoms with Gasteiger partial charge in [0.05, 0.1) is 26.0 Å². The molecule has 2 fully saturated rings. The third-order valence-corrected chi connectivity index (χ3v) is 5.34. The van der Waals surface area contributed by atoms with Crippen LogP contribution in [0.25, 0.3) is 0 Å². The molecule has 0 aliphatic carbocycles. The highest BCUT2D eigenvalue weighted by Gasteiger charge is 2.47. The van der Waals surface area contributed by atoms with Gasteiger partial charge in [-0.05, 0) is 5.56 Å². The van der Waals surface area contributed by atoms with Gasteiger partial charge < -0.3 is 19.8 Å². The van der Waals surface area contributed by atoms with Gasteiger partial charge in [0, 0.05) is 26.1 Å². The molecular weight excluding hydrogens is 401 g/mol. The van der Waals surface area contributed by atoms with E-state index in [1.807, 2.05) is 35.2 Å². The molecule has 2 aromatic rings. The van der Waals surface area contributed by atoms with Crippen molar-refractivity contribution in [3.8, 4) is 0 Å². The van der Waals surface area contributed by atoms with Crippen LogP contribution in [-0.2, 0) is 33.5 Å². The van der Waals surface area contributed by atoms with Crippen molar-refractivity contribution in [1.29, 1.82) is 0 Å². The third kappa shape index (κ3) is 4.82.